The van der Waals surface area contributed by atoms with E-state index in [4.69, 9.17) is 0 Å². The Balaban J connectivity index is 0. The summed E-state index contributed by atoms with van der Waals surface area (Å²) in [6, 6.07) is 0.326. The third-order valence-corrected chi connectivity index (χ3v) is 2.97. The summed E-state index contributed by atoms with van der Waals surface area (Å²) in [5.41, 5.74) is -0.247. The van der Waals surface area contributed by atoms with Gasteiger partial charge in [0, 0.05) is 24.9 Å². The third-order valence-electron chi connectivity index (χ3n) is 2.97. The van der Waals surface area contributed by atoms with Crippen LogP contribution in [0.5, 0.6) is 0 Å². The van der Waals surface area contributed by atoms with Crippen LogP contribution in [-0.2, 0) is 9.59 Å². The van der Waals surface area contributed by atoms with Crippen molar-refractivity contribution in [1.29, 1.82) is 0 Å². The number of carbonyl (C=O) groups excluding carboxylic acids is 2. The van der Waals surface area contributed by atoms with Crippen LogP contribution in [0.3, 0.4) is 0 Å². The van der Waals surface area contributed by atoms with Crippen LogP contribution in [0.25, 0.3) is 0 Å². The van der Waals surface area contributed by atoms with Crippen LogP contribution in [-0.4, -0.2) is 24.4 Å². The van der Waals surface area contributed by atoms with E-state index in [2.05, 4.69) is 17.2 Å². The second-order valence-electron chi connectivity index (χ2n) is 5.25. The molecule has 112 valence electrons. The first-order chi connectivity index (χ1) is 8.71. The van der Waals surface area contributed by atoms with Crippen LogP contribution in [0.15, 0.2) is 12.7 Å². The first-order valence-electron chi connectivity index (χ1n) is 6.87. The minimum atomic E-state index is -0.247. The molecule has 0 aliphatic heterocycles. The van der Waals surface area contributed by atoms with E-state index in [-0.39, 0.29) is 17.2 Å². The summed E-state index contributed by atoms with van der Waals surface area (Å²) in [5.74, 6) is 0.152. The third kappa shape index (κ3) is 11.5. The van der Waals surface area contributed by atoms with E-state index in [1.165, 1.54) is 6.92 Å². The van der Waals surface area contributed by atoms with E-state index in [0.29, 0.717) is 12.6 Å². The van der Waals surface area contributed by atoms with Crippen LogP contribution < -0.4 is 10.6 Å². The summed E-state index contributed by atoms with van der Waals surface area (Å²) >= 11 is 0. The van der Waals surface area contributed by atoms with Gasteiger partial charge in [-0.3, -0.25) is 9.59 Å². The Kier molecular flexibility index (Phi) is 11.1. The molecule has 1 unspecified atom stereocenters. The maximum atomic E-state index is 11.3. The van der Waals surface area contributed by atoms with Gasteiger partial charge in [-0.15, -0.1) is 6.58 Å². The molecule has 0 bridgehead atoms. The molecule has 0 spiro atoms. The fraction of sp³-hybridized carbons (Fsp3) is 0.733. The molecule has 0 aromatic rings. The lowest BCUT2D eigenvalue weighted by molar-refractivity contribution is -0.129. The fourth-order valence-corrected chi connectivity index (χ4v) is 1.01. The molecule has 4 nitrogen and oxygen atoms in total. The van der Waals surface area contributed by atoms with Gasteiger partial charge >= 0.3 is 0 Å². The van der Waals surface area contributed by atoms with E-state index in [9.17, 15) is 9.59 Å². The topological polar surface area (TPSA) is 58.2 Å². The summed E-state index contributed by atoms with van der Waals surface area (Å²) < 4.78 is 0. The summed E-state index contributed by atoms with van der Waals surface area (Å²) in [5, 5.41) is 5.52. The SMILES string of the molecule is C=CCNC(=O)C(C)(C)CC.CCC(C)NC(C)=O. The predicted octanol–water partition coefficient (Wildman–Crippen LogP) is 2.65. The molecule has 0 aliphatic rings. The molecule has 0 aromatic heterocycles. The van der Waals surface area contributed by atoms with Crippen molar-refractivity contribution in [2.24, 2.45) is 5.41 Å². The molecule has 0 radical (unpaired) electrons. The highest BCUT2D eigenvalue weighted by atomic mass is 16.2. The van der Waals surface area contributed by atoms with Gasteiger partial charge in [0.25, 0.3) is 0 Å². The van der Waals surface area contributed by atoms with Crippen LogP contribution in [0.4, 0.5) is 0 Å². The predicted molar refractivity (Wildman–Crippen MR) is 80.8 cm³/mol. The Morgan fingerprint density at radius 1 is 1.32 bits per heavy atom. The van der Waals surface area contributed by atoms with Gasteiger partial charge in [0.15, 0.2) is 0 Å². The lowest BCUT2D eigenvalue weighted by Gasteiger charge is -2.20. The number of amides is 2. The molecule has 4 heteroatoms. The lowest BCUT2D eigenvalue weighted by atomic mass is 9.89. The van der Waals surface area contributed by atoms with Crippen molar-refractivity contribution in [1.82, 2.24) is 10.6 Å². The van der Waals surface area contributed by atoms with Crippen LogP contribution in [0.2, 0.25) is 0 Å². The quantitative estimate of drug-likeness (QED) is 0.729. The monoisotopic (exact) mass is 270 g/mol. The van der Waals surface area contributed by atoms with Gasteiger partial charge in [0.05, 0.1) is 0 Å². The zero-order valence-corrected chi connectivity index (χ0v) is 13.3. The first kappa shape index (κ1) is 20.0. The van der Waals surface area contributed by atoms with Crippen molar-refractivity contribution in [2.45, 2.75) is 60.4 Å². The molecule has 0 saturated carbocycles. The Labute approximate surface area is 118 Å². The highest BCUT2D eigenvalue weighted by Gasteiger charge is 2.23. The molecule has 0 saturated heterocycles. The average Bonchev–Trinajstić information content (AvgIpc) is 2.35. The molecule has 0 aliphatic carbocycles. The van der Waals surface area contributed by atoms with E-state index in [0.717, 1.165) is 12.8 Å². The Hall–Kier alpha value is -1.32. The van der Waals surface area contributed by atoms with Gasteiger partial charge in [0.1, 0.15) is 0 Å². The Morgan fingerprint density at radius 3 is 2.11 bits per heavy atom. The van der Waals surface area contributed by atoms with Crippen molar-refractivity contribution < 1.29 is 9.59 Å². The second-order valence-corrected chi connectivity index (χ2v) is 5.25. The van der Waals surface area contributed by atoms with Gasteiger partial charge in [-0.1, -0.05) is 33.8 Å². The van der Waals surface area contributed by atoms with Crippen molar-refractivity contribution >= 4 is 11.8 Å². The van der Waals surface area contributed by atoms with E-state index < -0.39 is 0 Å². The molecule has 2 N–H and O–H groups in total. The van der Waals surface area contributed by atoms with Crippen LogP contribution >= 0.6 is 0 Å². The maximum Gasteiger partial charge on any atom is 0.225 e. The number of carbonyl (C=O) groups is 2. The van der Waals surface area contributed by atoms with E-state index >= 15 is 0 Å². The van der Waals surface area contributed by atoms with Gasteiger partial charge < -0.3 is 10.6 Å². The number of nitrogens with one attached hydrogen (secondary N) is 2. The van der Waals surface area contributed by atoms with Crippen molar-refractivity contribution in [3.63, 3.8) is 0 Å². The number of hydrogen-bond donors (Lipinski definition) is 2. The van der Waals surface area contributed by atoms with Gasteiger partial charge in [-0.05, 0) is 19.8 Å². The molecule has 0 fully saturated rings. The minimum absolute atomic E-state index is 0.0550. The standard InChI is InChI=1S/C9H17NO.C6H13NO/c1-5-7-10-8(11)9(3,4)6-2;1-4-5(2)7-6(3)8/h5H,1,6-7H2,2-4H3,(H,10,11);5H,4H2,1-3H3,(H,7,8). The summed E-state index contributed by atoms with van der Waals surface area (Å²) in [4.78, 5) is 21.6. The Bertz CT molecular complexity index is 286. The van der Waals surface area contributed by atoms with Gasteiger partial charge in [0.2, 0.25) is 11.8 Å². The second kappa shape index (κ2) is 10.6. The number of rotatable bonds is 6. The van der Waals surface area contributed by atoms with Crippen molar-refractivity contribution in [3.8, 4) is 0 Å². The Morgan fingerprint density at radius 2 is 1.84 bits per heavy atom. The average molecular weight is 270 g/mol. The van der Waals surface area contributed by atoms with Crippen LogP contribution in [0.1, 0.15) is 54.4 Å². The van der Waals surface area contributed by atoms with Crippen LogP contribution in [0, 0.1) is 5.41 Å². The largest absolute Gasteiger partial charge is 0.354 e. The van der Waals surface area contributed by atoms with Gasteiger partial charge in [-0.2, -0.15) is 0 Å². The van der Waals surface area contributed by atoms with Crippen molar-refractivity contribution in [3.05, 3.63) is 12.7 Å². The molecular weight excluding hydrogens is 240 g/mol. The highest BCUT2D eigenvalue weighted by Crippen LogP contribution is 2.18. The number of hydrogen-bond acceptors (Lipinski definition) is 2. The zero-order valence-electron chi connectivity index (χ0n) is 13.3. The first-order valence-corrected chi connectivity index (χ1v) is 6.87. The minimum Gasteiger partial charge on any atom is -0.354 e. The molecule has 0 heterocycles. The highest BCUT2D eigenvalue weighted by molar-refractivity contribution is 5.81. The molecule has 0 rings (SSSR count). The molecule has 19 heavy (non-hydrogen) atoms. The molecule has 2 amide bonds. The summed E-state index contributed by atoms with van der Waals surface area (Å²) in [7, 11) is 0. The maximum absolute atomic E-state index is 11.3. The summed E-state index contributed by atoms with van der Waals surface area (Å²) in [6.45, 7) is 15.5. The smallest absolute Gasteiger partial charge is 0.225 e. The van der Waals surface area contributed by atoms with Crippen molar-refractivity contribution in [2.75, 3.05) is 6.54 Å². The molecule has 0 aromatic carbocycles. The fourth-order valence-electron chi connectivity index (χ4n) is 1.01. The molecular formula is C15H30N2O2. The lowest BCUT2D eigenvalue weighted by Crippen LogP contribution is -2.36. The normalized spacial score (nSPS) is 11.7. The van der Waals surface area contributed by atoms with E-state index in [1.54, 1.807) is 6.08 Å². The van der Waals surface area contributed by atoms with E-state index in [1.807, 2.05) is 34.6 Å². The zero-order chi connectivity index (χ0) is 15.5. The molecule has 1 atom stereocenters. The van der Waals surface area contributed by atoms with Gasteiger partial charge in [-0.25, -0.2) is 0 Å². The summed E-state index contributed by atoms with van der Waals surface area (Å²) in [6.07, 6.45) is 3.54.